The second-order valence-corrected chi connectivity index (χ2v) is 12.6. The van der Waals surface area contributed by atoms with Crippen molar-refractivity contribution in [2.75, 3.05) is 31.2 Å². The van der Waals surface area contributed by atoms with Gasteiger partial charge in [-0.05, 0) is 73.6 Å². The maximum atomic E-state index is 14.8. The number of urea groups is 1. The SMILES string of the molecule is Cc1cc2c(cc1OCc1ccccc1)C(C1CCCCC1)=NN(C1CCOCC1)C(=O)N2c1ccc(CC2=NCCN2)cc1. The molecule has 0 bridgehead atoms. The summed E-state index contributed by atoms with van der Waals surface area (Å²) in [5, 5.41) is 10.5. The number of fused-ring (bicyclic) bond motifs is 1. The van der Waals surface area contributed by atoms with Crippen LogP contribution in [0.1, 0.15) is 67.2 Å². The van der Waals surface area contributed by atoms with Crippen molar-refractivity contribution in [3.8, 4) is 5.75 Å². The molecule has 45 heavy (non-hydrogen) atoms. The predicted octanol–water partition coefficient (Wildman–Crippen LogP) is 7.16. The van der Waals surface area contributed by atoms with Crippen LogP contribution >= 0.6 is 0 Å². The van der Waals surface area contributed by atoms with E-state index in [1.807, 2.05) is 23.1 Å². The van der Waals surface area contributed by atoms with Crippen LogP contribution in [0.25, 0.3) is 0 Å². The van der Waals surface area contributed by atoms with Crippen LogP contribution in [0.2, 0.25) is 0 Å². The van der Waals surface area contributed by atoms with Gasteiger partial charge in [0.15, 0.2) is 0 Å². The Labute approximate surface area is 266 Å². The third-order valence-electron chi connectivity index (χ3n) is 9.49. The van der Waals surface area contributed by atoms with E-state index >= 15 is 0 Å². The number of nitrogens with one attached hydrogen (secondary N) is 1. The Morgan fingerprint density at radius 1 is 0.933 bits per heavy atom. The summed E-state index contributed by atoms with van der Waals surface area (Å²) in [4.78, 5) is 21.2. The van der Waals surface area contributed by atoms with Gasteiger partial charge in [-0.2, -0.15) is 5.10 Å². The van der Waals surface area contributed by atoms with Crippen LogP contribution in [-0.2, 0) is 17.8 Å². The van der Waals surface area contributed by atoms with Gasteiger partial charge in [0.25, 0.3) is 0 Å². The molecule has 1 aliphatic carbocycles. The number of benzene rings is 3. The van der Waals surface area contributed by atoms with Crippen molar-refractivity contribution in [2.45, 2.75) is 70.9 Å². The highest BCUT2D eigenvalue weighted by molar-refractivity contribution is 6.14. The van der Waals surface area contributed by atoms with E-state index in [9.17, 15) is 4.79 Å². The molecule has 3 heterocycles. The quantitative estimate of drug-likeness (QED) is 0.296. The lowest BCUT2D eigenvalue weighted by molar-refractivity contribution is 0.0480. The number of carbonyl (C=O) groups is 1. The molecule has 234 valence electrons. The molecule has 0 radical (unpaired) electrons. The Bertz CT molecular complexity index is 1560. The molecule has 8 heteroatoms. The van der Waals surface area contributed by atoms with Gasteiger partial charge in [0.2, 0.25) is 0 Å². The number of hydrogen-bond acceptors (Lipinski definition) is 6. The van der Waals surface area contributed by atoms with E-state index in [1.165, 1.54) is 19.3 Å². The minimum absolute atomic E-state index is 0.0118. The Kier molecular flexibility index (Phi) is 8.83. The van der Waals surface area contributed by atoms with E-state index < -0.39 is 0 Å². The Morgan fingerprint density at radius 2 is 1.71 bits per heavy atom. The number of amides is 2. The lowest BCUT2D eigenvalue weighted by atomic mass is 9.82. The molecular weight excluding hydrogens is 562 g/mol. The summed E-state index contributed by atoms with van der Waals surface area (Å²) in [6.45, 7) is 5.55. The molecule has 3 aromatic rings. The van der Waals surface area contributed by atoms with E-state index in [0.29, 0.717) is 25.7 Å². The van der Waals surface area contributed by atoms with E-state index in [1.54, 1.807) is 5.01 Å². The van der Waals surface area contributed by atoms with Crippen molar-refractivity contribution < 1.29 is 14.3 Å². The van der Waals surface area contributed by atoms with Gasteiger partial charge in [0.05, 0.1) is 29.7 Å². The fourth-order valence-corrected chi connectivity index (χ4v) is 6.99. The lowest BCUT2D eigenvalue weighted by Crippen LogP contribution is -2.45. The van der Waals surface area contributed by atoms with Gasteiger partial charge in [-0.25, -0.2) is 9.80 Å². The lowest BCUT2D eigenvalue weighted by Gasteiger charge is -2.33. The maximum absolute atomic E-state index is 14.8. The zero-order chi connectivity index (χ0) is 30.6. The molecule has 2 amide bonds. The molecular formula is C37H43N5O3. The summed E-state index contributed by atoms with van der Waals surface area (Å²) in [7, 11) is 0. The highest BCUT2D eigenvalue weighted by atomic mass is 16.5. The van der Waals surface area contributed by atoms with Gasteiger partial charge in [0, 0.05) is 37.7 Å². The highest BCUT2D eigenvalue weighted by Gasteiger charge is 2.38. The molecule has 0 spiro atoms. The van der Waals surface area contributed by atoms with Gasteiger partial charge < -0.3 is 14.8 Å². The van der Waals surface area contributed by atoms with Crippen LogP contribution in [0.5, 0.6) is 5.75 Å². The zero-order valence-corrected chi connectivity index (χ0v) is 26.2. The number of hydrogen-bond donors (Lipinski definition) is 1. The van der Waals surface area contributed by atoms with Gasteiger partial charge in [-0.1, -0.05) is 61.7 Å². The smallest absolute Gasteiger partial charge is 0.349 e. The summed E-state index contributed by atoms with van der Waals surface area (Å²) in [6.07, 6.45) is 8.07. The van der Waals surface area contributed by atoms with Gasteiger partial charge in [-0.3, -0.25) is 9.89 Å². The second-order valence-electron chi connectivity index (χ2n) is 12.6. The molecule has 0 aromatic heterocycles. The number of aliphatic imine (C=N–C) groups is 1. The van der Waals surface area contributed by atoms with Crippen LogP contribution in [-0.4, -0.2) is 54.9 Å². The minimum Gasteiger partial charge on any atom is -0.489 e. The Morgan fingerprint density at radius 3 is 2.44 bits per heavy atom. The zero-order valence-electron chi connectivity index (χ0n) is 26.2. The average molecular weight is 606 g/mol. The maximum Gasteiger partial charge on any atom is 0.349 e. The normalized spacial score (nSPS) is 19.4. The number of ether oxygens (including phenoxy) is 2. The third kappa shape index (κ3) is 6.47. The first kappa shape index (κ1) is 29.5. The van der Waals surface area contributed by atoms with E-state index in [2.05, 4.69) is 65.8 Å². The monoisotopic (exact) mass is 605 g/mol. The van der Waals surface area contributed by atoms with Crippen LogP contribution in [0.4, 0.5) is 16.2 Å². The number of anilines is 2. The number of nitrogens with zero attached hydrogens (tertiary/aromatic N) is 4. The first-order valence-corrected chi connectivity index (χ1v) is 16.6. The first-order valence-electron chi connectivity index (χ1n) is 16.6. The van der Waals surface area contributed by atoms with Gasteiger partial charge in [-0.15, -0.1) is 0 Å². The molecule has 2 fully saturated rings. The standard InChI is InChI=1S/C37H43N5O3/c1-26-22-33-32(24-34(26)45-25-28-8-4-2-5-9-28)36(29-10-6-3-7-11-29)40-42(31-16-20-44-21-17-31)37(43)41(33)30-14-12-27(13-15-30)23-35-38-18-19-39-35/h2,4-5,8-9,12-15,22,24,29,31H,3,6-7,10-11,16-21,23,25H2,1H3,(H,38,39). The Balaban J connectivity index is 1.32. The summed E-state index contributed by atoms with van der Waals surface area (Å²) in [6, 6.07) is 22.8. The number of hydrazone groups is 1. The first-order chi connectivity index (χ1) is 22.1. The van der Waals surface area contributed by atoms with Crippen molar-refractivity contribution in [1.82, 2.24) is 10.3 Å². The summed E-state index contributed by atoms with van der Waals surface area (Å²) < 4.78 is 12.2. The molecule has 1 saturated carbocycles. The fraction of sp³-hybridized carbons (Fsp3) is 0.432. The van der Waals surface area contributed by atoms with Crippen molar-refractivity contribution >= 4 is 29.0 Å². The minimum atomic E-state index is -0.110. The number of amidine groups is 1. The molecule has 7 rings (SSSR count). The van der Waals surface area contributed by atoms with Crippen molar-refractivity contribution in [1.29, 1.82) is 0 Å². The molecule has 3 aliphatic heterocycles. The van der Waals surface area contributed by atoms with Crippen molar-refractivity contribution in [3.63, 3.8) is 0 Å². The third-order valence-corrected chi connectivity index (χ3v) is 9.49. The molecule has 0 atom stereocenters. The largest absolute Gasteiger partial charge is 0.489 e. The van der Waals surface area contributed by atoms with E-state index in [-0.39, 0.29) is 12.1 Å². The number of aryl methyl sites for hydroxylation is 1. The number of carbonyl (C=O) groups excluding carboxylic acids is 1. The van der Waals surface area contributed by atoms with Crippen LogP contribution in [0, 0.1) is 12.8 Å². The molecule has 1 N–H and O–H groups in total. The topological polar surface area (TPSA) is 78.8 Å². The molecule has 1 saturated heterocycles. The van der Waals surface area contributed by atoms with Crippen LogP contribution in [0.15, 0.2) is 76.8 Å². The average Bonchev–Trinajstić information content (AvgIpc) is 3.56. The molecule has 0 unspecified atom stereocenters. The van der Waals surface area contributed by atoms with Crippen LogP contribution in [0.3, 0.4) is 0 Å². The van der Waals surface area contributed by atoms with Crippen molar-refractivity contribution in [2.24, 2.45) is 16.0 Å². The summed E-state index contributed by atoms with van der Waals surface area (Å²) in [5.41, 5.74) is 6.99. The second kappa shape index (κ2) is 13.4. The van der Waals surface area contributed by atoms with Gasteiger partial charge in [0.1, 0.15) is 18.2 Å². The molecule has 8 nitrogen and oxygen atoms in total. The fourth-order valence-electron chi connectivity index (χ4n) is 6.99. The van der Waals surface area contributed by atoms with Crippen LogP contribution < -0.4 is 15.0 Å². The van der Waals surface area contributed by atoms with Crippen molar-refractivity contribution in [3.05, 3.63) is 89.0 Å². The van der Waals surface area contributed by atoms with E-state index in [4.69, 9.17) is 14.6 Å². The number of rotatable bonds is 8. The molecule has 4 aliphatic rings. The molecule has 3 aromatic carbocycles. The van der Waals surface area contributed by atoms with E-state index in [0.717, 1.165) is 96.1 Å². The van der Waals surface area contributed by atoms with Gasteiger partial charge >= 0.3 is 6.03 Å². The summed E-state index contributed by atoms with van der Waals surface area (Å²) in [5.74, 6) is 2.14. The Hall–Kier alpha value is -4.17. The summed E-state index contributed by atoms with van der Waals surface area (Å²) >= 11 is 0. The predicted molar refractivity (Wildman–Crippen MR) is 179 cm³/mol. The highest BCUT2D eigenvalue weighted by Crippen LogP contribution is 2.41.